The van der Waals surface area contributed by atoms with Crippen LogP contribution in [0.2, 0.25) is 5.02 Å². The van der Waals surface area contributed by atoms with E-state index in [0.717, 1.165) is 23.1 Å². The van der Waals surface area contributed by atoms with Crippen LogP contribution in [0, 0.1) is 13.8 Å². The van der Waals surface area contributed by atoms with Gasteiger partial charge in [-0.15, -0.1) is 0 Å². The van der Waals surface area contributed by atoms with Crippen molar-refractivity contribution >= 4 is 23.4 Å². The zero-order chi connectivity index (χ0) is 21.4. The van der Waals surface area contributed by atoms with Crippen LogP contribution in [0.15, 0.2) is 42.5 Å². The van der Waals surface area contributed by atoms with E-state index in [0.29, 0.717) is 23.9 Å². The molecule has 1 atom stereocenters. The number of hydrogen-bond donors (Lipinski definition) is 1. The molecule has 1 N–H and O–H groups in total. The Morgan fingerprint density at radius 2 is 1.83 bits per heavy atom. The molecule has 2 amide bonds. The van der Waals surface area contributed by atoms with E-state index in [2.05, 4.69) is 5.32 Å². The minimum Gasteiger partial charge on any atom is -0.483 e. The maximum Gasteiger partial charge on any atom is 0.261 e. The first-order valence-corrected chi connectivity index (χ1v) is 10.2. The van der Waals surface area contributed by atoms with Crippen LogP contribution in [0.25, 0.3) is 0 Å². The molecule has 2 aromatic carbocycles. The predicted octanol–water partition coefficient (Wildman–Crippen LogP) is 4.28. The first kappa shape index (κ1) is 22.8. The third kappa shape index (κ3) is 6.79. The molecular formula is C23H29ClN2O3. The van der Waals surface area contributed by atoms with Crippen LogP contribution in [0.1, 0.15) is 37.0 Å². The predicted molar refractivity (Wildman–Crippen MR) is 116 cm³/mol. The fourth-order valence-corrected chi connectivity index (χ4v) is 2.98. The highest BCUT2D eigenvalue weighted by molar-refractivity contribution is 6.30. The summed E-state index contributed by atoms with van der Waals surface area (Å²) in [5, 5.41) is 3.48. The second-order valence-electron chi connectivity index (χ2n) is 7.17. The van der Waals surface area contributed by atoms with Crippen molar-refractivity contribution in [3.8, 4) is 5.75 Å². The van der Waals surface area contributed by atoms with Gasteiger partial charge in [0.25, 0.3) is 5.91 Å². The molecule has 0 unspecified atom stereocenters. The highest BCUT2D eigenvalue weighted by Gasteiger charge is 2.26. The van der Waals surface area contributed by atoms with Gasteiger partial charge in [0.1, 0.15) is 11.8 Å². The number of rotatable bonds is 9. The lowest BCUT2D eigenvalue weighted by Crippen LogP contribution is -2.49. The van der Waals surface area contributed by atoms with Crippen molar-refractivity contribution in [2.75, 3.05) is 13.2 Å². The molecule has 0 saturated carbocycles. The lowest BCUT2D eigenvalue weighted by molar-refractivity contribution is -0.142. The first-order chi connectivity index (χ1) is 13.8. The van der Waals surface area contributed by atoms with E-state index >= 15 is 0 Å². The lowest BCUT2D eigenvalue weighted by atomic mass is 10.1. The van der Waals surface area contributed by atoms with E-state index in [4.69, 9.17) is 16.3 Å². The Kier molecular flexibility index (Phi) is 8.52. The minimum absolute atomic E-state index is 0.136. The Hall–Kier alpha value is -2.53. The molecule has 2 rings (SSSR count). The van der Waals surface area contributed by atoms with Gasteiger partial charge >= 0.3 is 0 Å². The lowest BCUT2D eigenvalue weighted by Gasteiger charge is -2.29. The molecule has 29 heavy (non-hydrogen) atoms. The quantitative estimate of drug-likeness (QED) is 0.663. The Morgan fingerprint density at radius 1 is 1.14 bits per heavy atom. The standard InChI is InChI=1S/C23H29ClN2O3/c1-5-12-25-23(28)18(4)26(14-19-8-10-20(24)11-9-19)22(27)15-29-21-13-16(2)6-7-17(21)3/h6-11,13,18H,5,12,14-15H2,1-4H3,(H,25,28)/t18-/m0/s1. The second kappa shape index (κ2) is 10.9. The molecule has 2 aromatic rings. The maximum atomic E-state index is 13.0. The number of ether oxygens (including phenoxy) is 1. The first-order valence-electron chi connectivity index (χ1n) is 9.83. The van der Waals surface area contributed by atoms with Gasteiger partial charge in [0.15, 0.2) is 6.61 Å². The van der Waals surface area contributed by atoms with Gasteiger partial charge in [0, 0.05) is 18.1 Å². The van der Waals surface area contributed by atoms with Crippen molar-refractivity contribution in [3.05, 3.63) is 64.2 Å². The van der Waals surface area contributed by atoms with Gasteiger partial charge in [-0.05, 0) is 62.1 Å². The highest BCUT2D eigenvalue weighted by Crippen LogP contribution is 2.20. The molecule has 0 saturated heterocycles. The van der Waals surface area contributed by atoms with Crippen LogP contribution in [-0.4, -0.2) is 35.9 Å². The monoisotopic (exact) mass is 416 g/mol. The second-order valence-corrected chi connectivity index (χ2v) is 7.61. The molecule has 0 bridgehead atoms. The average Bonchev–Trinajstić information content (AvgIpc) is 2.71. The molecule has 6 heteroatoms. The van der Waals surface area contributed by atoms with Gasteiger partial charge in [-0.3, -0.25) is 9.59 Å². The summed E-state index contributed by atoms with van der Waals surface area (Å²) in [4.78, 5) is 27.0. The van der Waals surface area contributed by atoms with Crippen molar-refractivity contribution in [1.82, 2.24) is 10.2 Å². The smallest absolute Gasteiger partial charge is 0.261 e. The van der Waals surface area contributed by atoms with E-state index in [1.807, 2.05) is 51.1 Å². The Balaban J connectivity index is 2.15. The number of aryl methyl sites for hydroxylation is 2. The molecule has 0 fully saturated rings. The van der Waals surface area contributed by atoms with Crippen LogP contribution in [0.4, 0.5) is 0 Å². The largest absolute Gasteiger partial charge is 0.483 e. The molecule has 0 radical (unpaired) electrons. The number of benzene rings is 2. The summed E-state index contributed by atoms with van der Waals surface area (Å²) in [5.74, 6) is 0.244. The van der Waals surface area contributed by atoms with Crippen molar-refractivity contribution < 1.29 is 14.3 Å². The Bertz CT molecular complexity index is 837. The third-order valence-electron chi connectivity index (χ3n) is 4.68. The SMILES string of the molecule is CCCNC(=O)[C@H](C)N(Cc1ccc(Cl)cc1)C(=O)COc1cc(C)ccc1C. The van der Waals surface area contributed by atoms with Gasteiger partial charge in [-0.25, -0.2) is 0 Å². The number of carbonyl (C=O) groups excluding carboxylic acids is 2. The molecule has 0 spiro atoms. The number of halogens is 1. The Labute approximate surface area is 178 Å². The fourth-order valence-electron chi connectivity index (χ4n) is 2.85. The molecule has 0 aliphatic heterocycles. The van der Waals surface area contributed by atoms with Crippen LogP contribution < -0.4 is 10.1 Å². The number of nitrogens with one attached hydrogen (secondary N) is 1. The molecular weight excluding hydrogens is 388 g/mol. The van der Waals surface area contributed by atoms with Gasteiger partial charge in [-0.1, -0.05) is 42.8 Å². The normalized spacial score (nSPS) is 11.6. The maximum absolute atomic E-state index is 13.0. The summed E-state index contributed by atoms with van der Waals surface area (Å²) in [7, 11) is 0. The van der Waals surface area contributed by atoms with Crippen LogP contribution in [-0.2, 0) is 16.1 Å². The minimum atomic E-state index is -0.619. The van der Waals surface area contributed by atoms with Crippen LogP contribution in [0.3, 0.4) is 0 Å². The Morgan fingerprint density at radius 3 is 2.48 bits per heavy atom. The molecule has 156 valence electrons. The third-order valence-corrected chi connectivity index (χ3v) is 4.93. The molecule has 0 heterocycles. The van der Waals surface area contributed by atoms with Gasteiger partial charge in [0.05, 0.1) is 0 Å². The van der Waals surface area contributed by atoms with Crippen molar-refractivity contribution in [3.63, 3.8) is 0 Å². The van der Waals surface area contributed by atoms with Gasteiger partial charge in [0.2, 0.25) is 5.91 Å². The fraction of sp³-hybridized carbons (Fsp3) is 0.391. The number of carbonyl (C=O) groups is 2. The number of nitrogens with zero attached hydrogens (tertiary/aromatic N) is 1. The van der Waals surface area contributed by atoms with Crippen molar-refractivity contribution in [2.24, 2.45) is 0 Å². The topological polar surface area (TPSA) is 58.6 Å². The molecule has 5 nitrogen and oxygen atoms in total. The summed E-state index contributed by atoms with van der Waals surface area (Å²) in [5.41, 5.74) is 2.91. The van der Waals surface area contributed by atoms with E-state index in [1.165, 1.54) is 0 Å². The summed E-state index contributed by atoms with van der Waals surface area (Å²) < 4.78 is 5.78. The summed E-state index contributed by atoms with van der Waals surface area (Å²) in [6.07, 6.45) is 0.833. The summed E-state index contributed by atoms with van der Waals surface area (Å²) in [6.45, 7) is 8.37. The van der Waals surface area contributed by atoms with Crippen LogP contribution >= 0.6 is 11.6 Å². The van der Waals surface area contributed by atoms with E-state index < -0.39 is 6.04 Å². The van der Waals surface area contributed by atoms with Crippen molar-refractivity contribution in [2.45, 2.75) is 46.7 Å². The van der Waals surface area contributed by atoms with E-state index in [9.17, 15) is 9.59 Å². The van der Waals surface area contributed by atoms with Crippen LogP contribution in [0.5, 0.6) is 5.75 Å². The molecule has 0 aliphatic carbocycles. The number of hydrogen-bond acceptors (Lipinski definition) is 3. The average molecular weight is 417 g/mol. The highest BCUT2D eigenvalue weighted by atomic mass is 35.5. The summed E-state index contributed by atoms with van der Waals surface area (Å²) in [6, 6.07) is 12.5. The zero-order valence-electron chi connectivity index (χ0n) is 17.5. The zero-order valence-corrected chi connectivity index (χ0v) is 18.3. The molecule has 0 aliphatic rings. The molecule has 0 aromatic heterocycles. The number of amides is 2. The van der Waals surface area contributed by atoms with E-state index in [1.54, 1.807) is 24.0 Å². The van der Waals surface area contributed by atoms with Crippen molar-refractivity contribution in [1.29, 1.82) is 0 Å². The van der Waals surface area contributed by atoms with Gasteiger partial charge in [-0.2, -0.15) is 0 Å². The summed E-state index contributed by atoms with van der Waals surface area (Å²) >= 11 is 5.96. The van der Waals surface area contributed by atoms with E-state index in [-0.39, 0.29) is 18.4 Å². The van der Waals surface area contributed by atoms with Gasteiger partial charge < -0.3 is 15.0 Å².